The summed E-state index contributed by atoms with van der Waals surface area (Å²) < 4.78 is 28.4. The van der Waals surface area contributed by atoms with Crippen molar-refractivity contribution in [3.63, 3.8) is 0 Å². The molecule has 1 amide bonds. The molecule has 162 valence electrons. The van der Waals surface area contributed by atoms with E-state index in [1.54, 1.807) is 27.9 Å². The van der Waals surface area contributed by atoms with Gasteiger partial charge in [-0.2, -0.15) is 5.10 Å². The number of fused-ring (bicyclic) bond motifs is 1. The molecule has 1 saturated heterocycles. The number of anilines is 1. The van der Waals surface area contributed by atoms with E-state index in [1.165, 1.54) is 12.4 Å². The summed E-state index contributed by atoms with van der Waals surface area (Å²) in [6.07, 6.45) is 3.20. The molecule has 1 aliphatic rings. The number of hydrogen-bond acceptors (Lipinski definition) is 5. The summed E-state index contributed by atoms with van der Waals surface area (Å²) in [5.74, 6) is -1.61. The van der Waals surface area contributed by atoms with Crippen molar-refractivity contribution in [3.8, 4) is 5.69 Å². The van der Waals surface area contributed by atoms with Gasteiger partial charge in [0, 0.05) is 36.8 Å². The molecular weight excluding hydrogens is 438 g/mol. The molecule has 2 aromatic heterocycles. The largest absolute Gasteiger partial charge is 0.352 e. The number of amides is 1. The monoisotopic (exact) mass is 454 g/mol. The average molecular weight is 455 g/mol. The summed E-state index contributed by atoms with van der Waals surface area (Å²) in [7, 11) is 0. The Labute approximate surface area is 186 Å². The second-order valence-electron chi connectivity index (χ2n) is 7.38. The second kappa shape index (κ2) is 8.16. The fourth-order valence-corrected chi connectivity index (χ4v) is 4.00. The molecule has 3 heterocycles. The third kappa shape index (κ3) is 3.64. The molecular formula is C22H17ClF2N6O. The van der Waals surface area contributed by atoms with E-state index in [-0.39, 0.29) is 11.5 Å². The first-order valence-corrected chi connectivity index (χ1v) is 10.3. The van der Waals surface area contributed by atoms with Gasteiger partial charge in [0.1, 0.15) is 12.1 Å². The van der Waals surface area contributed by atoms with Gasteiger partial charge in [0.05, 0.1) is 17.3 Å². The maximum Gasteiger partial charge on any atom is 0.254 e. The Hall–Kier alpha value is -3.59. The van der Waals surface area contributed by atoms with Gasteiger partial charge in [-0.25, -0.2) is 23.4 Å². The summed E-state index contributed by atoms with van der Waals surface area (Å²) in [6.45, 7) is 1.91. The minimum Gasteiger partial charge on any atom is -0.352 e. The van der Waals surface area contributed by atoms with Crippen molar-refractivity contribution >= 4 is 34.4 Å². The Morgan fingerprint density at radius 2 is 1.78 bits per heavy atom. The molecule has 0 unspecified atom stereocenters. The molecule has 0 radical (unpaired) electrons. The van der Waals surface area contributed by atoms with Gasteiger partial charge in [0.25, 0.3) is 5.91 Å². The molecule has 10 heteroatoms. The zero-order chi connectivity index (χ0) is 22.2. The van der Waals surface area contributed by atoms with Gasteiger partial charge < -0.3 is 9.80 Å². The van der Waals surface area contributed by atoms with Crippen molar-refractivity contribution in [2.75, 3.05) is 31.1 Å². The molecule has 2 aromatic carbocycles. The summed E-state index contributed by atoms with van der Waals surface area (Å²) >= 11 is 6.11. The predicted molar refractivity (Wildman–Crippen MR) is 116 cm³/mol. The number of carbonyl (C=O) groups is 1. The Morgan fingerprint density at radius 3 is 2.53 bits per heavy atom. The molecule has 4 aromatic rings. The van der Waals surface area contributed by atoms with E-state index in [4.69, 9.17) is 11.6 Å². The standard InChI is InChI=1S/C22H17ClF2N6O/c23-15-2-1-3-16(11-15)31-21-17(12-28-31)20(26-13-27-21)29-6-8-30(9-7-29)22(32)14-4-5-18(24)19(25)10-14/h1-5,10-13H,6-9H2. The van der Waals surface area contributed by atoms with Crippen LogP contribution < -0.4 is 4.90 Å². The van der Waals surface area contributed by atoms with Crippen LogP contribution in [0.2, 0.25) is 5.02 Å². The molecule has 0 atom stereocenters. The minimum atomic E-state index is -1.03. The molecule has 0 N–H and O–H groups in total. The van der Waals surface area contributed by atoms with Gasteiger partial charge in [-0.1, -0.05) is 17.7 Å². The quantitative estimate of drug-likeness (QED) is 0.472. The van der Waals surface area contributed by atoms with E-state index in [0.717, 1.165) is 29.0 Å². The van der Waals surface area contributed by atoms with Crippen LogP contribution in [0, 0.1) is 11.6 Å². The third-order valence-corrected chi connectivity index (χ3v) is 5.67. The first-order chi connectivity index (χ1) is 15.5. The van der Waals surface area contributed by atoms with Gasteiger partial charge in [-0.15, -0.1) is 0 Å². The Bertz CT molecular complexity index is 1320. The van der Waals surface area contributed by atoms with E-state index in [1.807, 2.05) is 12.1 Å². The van der Waals surface area contributed by atoms with Crippen LogP contribution in [-0.2, 0) is 0 Å². The highest BCUT2D eigenvalue weighted by atomic mass is 35.5. The predicted octanol–water partition coefficient (Wildman–Crippen LogP) is 3.71. The van der Waals surface area contributed by atoms with Crippen LogP contribution >= 0.6 is 11.6 Å². The normalized spacial score (nSPS) is 14.2. The number of carbonyl (C=O) groups excluding carboxylic acids is 1. The number of rotatable bonds is 3. The summed E-state index contributed by atoms with van der Waals surface area (Å²) in [4.78, 5) is 25.2. The summed E-state index contributed by atoms with van der Waals surface area (Å²) in [5.41, 5.74) is 1.57. The number of halogens is 3. The van der Waals surface area contributed by atoms with Crippen LogP contribution in [0.1, 0.15) is 10.4 Å². The fraction of sp³-hybridized carbons (Fsp3) is 0.182. The molecule has 0 bridgehead atoms. The van der Waals surface area contributed by atoms with E-state index >= 15 is 0 Å². The molecule has 32 heavy (non-hydrogen) atoms. The van der Waals surface area contributed by atoms with Crippen LogP contribution in [0.4, 0.5) is 14.6 Å². The van der Waals surface area contributed by atoms with E-state index in [9.17, 15) is 13.6 Å². The highest BCUT2D eigenvalue weighted by Gasteiger charge is 2.25. The Morgan fingerprint density at radius 1 is 0.969 bits per heavy atom. The van der Waals surface area contributed by atoms with Crippen molar-refractivity contribution in [2.45, 2.75) is 0 Å². The molecule has 0 spiro atoms. The lowest BCUT2D eigenvalue weighted by Crippen LogP contribution is -2.49. The van der Waals surface area contributed by atoms with E-state index in [2.05, 4.69) is 20.0 Å². The van der Waals surface area contributed by atoms with Crippen LogP contribution in [0.15, 0.2) is 55.0 Å². The van der Waals surface area contributed by atoms with E-state index < -0.39 is 11.6 Å². The number of benzene rings is 2. The summed E-state index contributed by atoms with van der Waals surface area (Å²) in [6, 6.07) is 10.5. The van der Waals surface area contributed by atoms with Crippen molar-refractivity contribution in [1.29, 1.82) is 0 Å². The Kier molecular flexibility index (Phi) is 5.18. The number of hydrogen-bond donors (Lipinski definition) is 0. The van der Waals surface area contributed by atoms with Crippen LogP contribution in [-0.4, -0.2) is 56.7 Å². The van der Waals surface area contributed by atoms with Gasteiger partial charge in [-0.3, -0.25) is 4.79 Å². The molecule has 0 aliphatic carbocycles. The minimum absolute atomic E-state index is 0.129. The van der Waals surface area contributed by atoms with Crippen LogP contribution in [0.25, 0.3) is 16.7 Å². The highest BCUT2D eigenvalue weighted by Crippen LogP contribution is 2.26. The van der Waals surface area contributed by atoms with Crippen molar-refractivity contribution in [1.82, 2.24) is 24.6 Å². The fourth-order valence-electron chi connectivity index (χ4n) is 3.81. The zero-order valence-electron chi connectivity index (χ0n) is 16.8. The summed E-state index contributed by atoms with van der Waals surface area (Å²) in [5, 5.41) is 5.84. The lowest BCUT2D eigenvalue weighted by Gasteiger charge is -2.35. The maximum atomic E-state index is 13.5. The van der Waals surface area contributed by atoms with Crippen molar-refractivity contribution in [2.24, 2.45) is 0 Å². The third-order valence-electron chi connectivity index (χ3n) is 5.43. The SMILES string of the molecule is O=C(c1ccc(F)c(F)c1)N1CCN(c2ncnc3c2cnn3-c2cccc(Cl)c2)CC1. The van der Waals surface area contributed by atoms with Gasteiger partial charge >= 0.3 is 0 Å². The molecule has 1 fully saturated rings. The first kappa shape index (κ1) is 20.3. The molecule has 0 saturated carbocycles. The van der Waals surface area contributed by atoms with Crippen LogP contribution in [0.5, 0.6) is 0 Å². The lowest BCUT2D eigenvalue weighted by atomic mass is 10.1. The zero-order valence-corrected chi connectivity index (χ0v) is 17.5. The maximum absolute atomic E-state index is 13.5. The molecule has 1 aliphatic heterocycles. The second-order valence-corrected chi connectivity index (χ2v) is 7.82. The number of aromatic nitrogens is 4. The van der Waals surface area contributed by atoms with Gasteiger partial charge in [-0.05, 0) is 36.4 Å². The highest BCUT2D eigenvalue weighted by molar-refractivity contribution is 6.30. The van der Waals surface area contributed by atoms with Crippen molar-refractivity contribution < 1.29 is 13.6 Å². The topological polar surface area (TPSA) is 67.2 Å². The number of piperazine rings is 1. The van der Waals surface area contributed by atoms with E-state index in [0.29, 0.717) is 36.8 Å². The molecule has 5 rings (SSSR count). The molecule has 7 nitrogen and oxygen atoms in total. The van der Waals surface area contributed by atoms with Gasteiger partial charge in [0.15, 0.2) is 17.3 Å². The Balaban J connectivity index is 1.36. The smallest absolute Gasteiger partial charge is 0.254 e. The van der Waals surface area contributed by atoms with Crippen LogP contribution in [0.3, 0.4) is 0 Å². The first-order valence-electron chi connectivity index (χ1n) is 9.95. The van der Waals surface area contributed by atoms with Crippen molar-refractivity contribution in [3.05, 3.63) is 77.2 Å². The lowest BCUT2D eigenvalue weighted by molar-refractivity contribution is 0.0746. The van der Waals surface area contributed by atoms with Gasteiger partial charge in [0.2, 0.25) is 0 Å². The number of nitrogens with zero attached hydrogens (tertiary/aromatic N) is 6. The average Bonchev–Trinajstić information content (AvgIpc) is 3.25.